The average molecular weight is 542 g/mol. The summed E-state index contributed by atoms with van der Waals surface area (Å²) in [4.78, 5) is 16.9. The number of hydrogen-bond acceptors (Lipinski definition) is 5. The Morgan fingerprint density at radius 3 is 2.42 bits per heavy atom. The van der Waals surface area contributed by atoms with Gasteiger partial charge >= 0.3 is 194 Å². The molecule has 0 fully saturated rings. The fourth-order valence-electron chi connectivity index (χ4n) is 3.27. The number of halogens is 1. The average Bonchev–Trinajstić information content (AvgIpc) is 3.14. The van der Waals surface area contributed by atoms with E-state index in [1.54, 1.807) is 18.3 Å². The summed E-state index contributed by atoms with van der Waals surface area (Å²) in [7, 11) is -4.31. The molecule has 3 N–H and O–H groups in total. The van der Waals surface area contributed by atoms with Crippen molar-refractivity contribution in [2.75, 3.05) is 0 Å². The summed E-state index contributed by atoms with van der Waals surface area (Å²) >= 11 is 8.37. The number of primary sulfonamides is 1. The van der Waals surface area contributed by atoms with E-state index in [2.05, 4.69) is 14.1 Å². The monoisotopic (exact) mass is 542 g/mol. The van der Waals surface area contributed by atoms with Gasteiger partial charge < -0.3 is 0 Å². The molecule has 31 heavy (non-hydrogen) atoms. The summed E-state index contributed by atoms with van der Waals surface area (Å²) in [6.07, 6.45) is 1.54. The molecule has 0 unspecified atom stereocenters. The van der Waals surface area contributed by atoms with Gasteiger partial charge in [-0.2, -0.15) is 0 Å². The zero-order valence-electron chi connectivity index (χ0n) is 16.0. The molecule has 2 aromatic heterocycles. The van der Waals surface area contributed by atoms with Crippen molar-refractivity contribution in [1.29, 1.82) is 0 Å². The van der Waals surface area contributed by atoms with E-state index >= 15 is 0 Å². The van der Waals surface area contributed by atoms with E-state index in [1.807, 2.05) is 61.9 Å². The summed E-state index contributed by atoms with van der Waals surface area (Å²) < 4.78 is 28.1. The van der Waals surface area contributed by atoms with Gasteiger partial charge in [-0.25, -0.2) is 0 Å². The van der Waals surface area contributed by atoms with Gasteiger partial charge in [0, 0.05) is 0 Å². The van der Waals surface area contributed by atoms with E-state index in [1.165, 1.54) is 4.52 Å². The summed E-state index contributed by atoms with van der Waals surface area (Å²) in [5.41, 5.74) is 3.41. The molecule has 159 valence electrons. The molecule has 0 atom stereocenters. The standard InChI is InChI=1S/C20H16ClN5O3S.Ru/c1-11-6-8-12(9-7-11)17-14(13-4-2-3-5-15(13)21)10-24-19-16(18(22)27)20(25-26(17)19)30(23,28)29;/h2-10H,1H3,(H4,22,23,27,28,29);/q;+1/p-1. The van der Waals surface area contributed by atoms with E-state index in [-0.39, 0.29) is 11.2 Å². The topological polar surface area (TPSA) is 119 Å². The van der Waals surface area contributed by atoms with Crippen LogP contribution >= 0.6 is 11.6 Å². The van der Waals surface area contributed by atoms with Crippen LogP contribution in [0, 0.1) is 6.92 Å². The van der Waals surface area contributed by atoms with Crippen LogP contribution in [-0.4, -0.2) is 28.9 Å². The molecule has 0 saturated carbocycles. The Morgan fingerprint density at radius 1 is 1.13 bits per heavy atom. The van der Waals surface area contributed by atoms with E-state index in [0.717, 1.165) is 11.1 Å². The van der Waals surface area contributed by atoms with Crippen LogP contribution in [0.5, 0.6) is 0 Å². The number of aromatic nitrogens is 3. The summed E-state index contributed by atoms with van der Waals surface area (Å²) in [6.45, 7) is 1.95. The third-order valence-corrected chi connectivity index (χ3v) is 6.23. The third-order valence-electron chi connectivity index (χ3n) is 4.68. The number of hydrogen-bond donors (Lipinski definition) is 2. The molecule has 0 spiro atoms. The van der Waals surface area contributed by atoms with Crippen LogP contribution in [0.15, 0.2) is 59.8 Å². The van der Waals surface area contributed by atoms with Gasteiger partial charge in [-0.1, -0.05) is 0 Å². The Kier molecular flexibility index (Phi) is 5.66. The normalized spacial score (nSPS) is 11.6. The summed E-state index contributed by atoms with van der Waals surface area (Å²) in [6, 6.07) is 14.8. The second-order valence-electron chi connectivity index (χ2n) is 6.74. The first-order chi connectivity index (χ1) is 14.7. The first-order valence-corrected chi connectivity index (χ1v) is 11.7. The number of nitrogens with two attached hydrogens (primary N) is 1. The number of carbonyl (C=O) groups is 1. The molecule has 0 saturated heterocycles. The molecule has 4 rings (SSSR count). The second kappa shape index (κ2) is 8.13. The van der Waals surface area contributed by atoms with Crippen LogP contribution in [-0.2, 0) is 28.6 Å². The van der Waals surface area contributed by atoms with Gasteiger partial charge in [-0.15, -0.1) is 0 Å². The van der Waals surface area contributed by atoms with Crippen LogP contribution in [0.4, 0.5) is 0 Å². The van der Waals surface area contributed by atoms with E-state index in [4.69, 9.17) is 16.7 Å². The zero-order chi connectivity index (χ0) is 22.3. The molecule has 8 nitrogen and oxygen atoms in total. The van der Waals surface area contributed by atoms with Crippen molar-refractivity contribution in [2.24, 2.45) is 5.14 Å². The number of benzene rings is 2. The first-order valence-electron chi connectivity index (χ1n) is 8.88. The number of nitrogens with zero attached hydrogens (tertiary/aromatic N) is 3. The third kappa shape index (κ3) is 3.88. The molecule has 0 aliphatic carbocycles. The van der Waals surface area contributed by atoms with E-state index < -0.39 is 21.0 Å². The van der Waals surface area contributed by atoms with Gasteiger partial charge in [0.25, 0.3) is 0 Å². The van der Waals surface area contributed by atoms with Crippen molar-refractivity contribution in [3.05, 3.63) is 70.9 Å². The minimum atomic E-state index is -4.31. The fraction of sp³-hybridized carbons (Fsp3) is 0.0500. The SMILES string of the molecule is Cc1ccc(-c2c(-c3ccccc3Cl)cnc3c(C(=O)[NH][Ru])c(S(N)(=O)=O)nn23)cc1. The Hall–Kier alpha value is -2.65. The van der Waals surface area contributed by atoms with Crippen LogP contribution in [0.25, 0.3) is 28.0 Å². The van der Waals surface area contributed by atoms with Crippen molar-refractivity contribution in [3.8, 4) is 22.4 Å². The van der Waals surface area contributed by atoms with E-state index in [9.17, 15) is 13.2 Å². The molecule has 0 aliphatic rings. The zero-order valence-corrected chi connectivity index (χ0v) is 19.3. The molecule has 11 heteroatoms. The number of sulfonamides is 1. The van der Waals surface area contributed by atoms with Gasteiger partial charge in [0.2, 0.25) is 0 Å². The molecule has 4 aromatic rings. The quantitative estimate of drug-likeness (QED) is 0.385. The van der Waals surface area contributed by atoms with E-state index in [0.29, 0.717) is 21.8 Å². The van der Waals surface area contributed by atoms with Gasteiger partial charge in [-0.05, 0) is 0 Å². The van der Waals surface area contributed by atoms with Gasteiger partial charge in [0.05, 0.1) is 0 Å². The van der Waals surface area contributed by atoms with Crippen LogP contribution in [0.2, 0.25) is 5.02 Å². The number of carbonyl (C=O) groups excluding carboxylic acids is 1. The number of amides is 1. The van der Waals surface area contributed by atoms with Crippen molar-refractivity contribution in [3.63, 3.8) is 0 Å². The maximum atomic E-state index is 12.5. The van der Waals surface area contributed by atoms with Crippen molar-refractivity contribution in [1.82, 2.24) is 18.7 Å². The Bertz CT molecular complexity index is 1440. The molecule has 2 heterocycles. The Morgan fingerprint density at radius 2 is 1.81 bits per heavy atom. The number of rotatable bonds is 4. The second-order valence-corrected chi connectivity index (χ2v) is 9.06. The number of fused-ring (bicyclic) bond motifs is 1. The number of nitrogens with one attached hydrogen (secondary N) is 1. The van der Waals surface area contributed by atoms with Crippen LogP contribution in [0.3, 0.4) is 0 Å². The van der Waals surface area contributed by atoms with Gasteiger partial charge in [0.1, 0.15) is 0 Å². The molecule has 0 bridgehead atoms. The first kappa shape index (κ1) is 21.6. The summed E-state index contributed by atoms with van der Waals surface area (Å²) in [5, 5.41) is 9.48. The number of aryl methyl sites for hydroxylation is 1. The summed E-state index contributed by atoms with van der Waals surface area (Å²) in [5.74, 6) is -0.691. The van der Waals surface area contributed by atoms with Crippen LogP contribution in [0.1, 0.15) is 15.9 Å². The molecule has 0 aliphatic heterocycles. The maximum absolute atomic E-state index is 12.5. The molecule has 2 aromatic carbocycles. The minimum absolute atomic E-state index is 0.0534. The molecular formula is C20H15ClN5O3RuS. The van der Waals surface area contributed by atoms with Gasteiger partial charge in [0.15, 0.2) is 0 Å². The predicted molar refractivity (Wildman–Crippen MR) is 112 cm³/mol. The molecule has 0 radical (unpaired) electrons. The van der Waals surface area contributed by atoms with Gasteiger partial charge in [-0.3, -0.25) is 0 Å². The fourth-order valence-corrected chi connectivity index (χ4v) is 4.39. The predicted octanol–water partition coefficient (Wildman–Crippen LogP) is 2.86. The Labute approximate surface area is 193 Å². The molecule has 1 amide bonds. The van der Waals surface area contributed by atoms with Crippen LogP contribution < -0.4 is 9.20 Å². The molecular weight excluding hydrogens is 527 g/mol. The van der Waals surface area contributed by atoms with Crippen molar-refractivity contribution in [2.45, 2.75) is 11.9 Å². The van der Waals surface area contributed by atoms with Crippen molar-refractivity contribution < 1.29 is 31.8 Å². The Balaban J connectivity index is 2.18. The van der Waals surface area contributed by atoms with Crippen molar-refractivity contribution >= 4 is 33.2 Å².